The van der Waals surface area contributed by atoms with Crippen molar-refractivity contribution in [2.75, 3.05) is 32.8 Å². The highest BCUT2D eigenvalue weighted by Crippen LogP contribution is 1.95. The van der Waals surface area contributed by atoms with Gasteiger partial charge in [0.2, 0.25) is 12.4 Å². The largest absolute Gasteiger partial charge is 0.382 e. The van der Waals surface area contributed by atoms with Crippen LogP contribution in [0.4, 0.5) is 5.95 Å². The Labute approximate surface area is 95.0 Å². The number of hydrogen-bond acceptors (Lipinski definition) is 5. The predicted octanol–water partition coefficient (Wildman–Crippen LogP) is 0.633. The molecule has 0 aliphatic carbocycles. The summed E-state index contributed by atoms with van der Waals surface area (Å²) in [5.74, 6) is 0.334. The van der Waals surface area contributed by atoms with Crippen LogP contribution >= 0.6 is 0 Å². The molecule has 6 nitrogen and oxygen atoms in total. The van der Waals surface area contributed by atoms with Gasteiger partial charge in [-0.3, -0.25) is 10.1 Å². The first-order chi connectivity index (χ1) is 7.74. The van der Waals surface area contributed by atoms with Gasteiger partial charge in [-0.15, -0.1) is 0 Å². The zero-order valence-electron chi connectivity index (χ0n) is 9.77. The fraction of sp³-hybridized carbons (Fsp3) is 0.500. The maximum Gasteiger partial charge on any atom is 0.229 e. The van der Waals surface area contributed by atoms with Gasteiger partial charge < -0.3 is 9.47 Å². The fourth-order valence-electron chi connectivity index (χ4n) is 0.686. The van der Waals surface area contributed by atoms with Crippen LogP contribution in [0.2, 0.25) is 0 Å². The third kappa shape index (κ3) is 7.84. The van der Waals surface area contributed by atoms with E-state index in [-0.39, 0.29) is 0 Å². The molecule has 0 saturated heterocycles. The Kier molecular flexibility index (Phi) is 9.05. The number of carbonyl (C=O) groups excluding carboxylic acids is 1. The van der Waals surface area contributed by atoms with Gasteiger partial charge in [0.15, 0.2) is 0 Å². The zero-order valence-corrected chi connectivity index (χ0v) is 9.77. The van der Waals surface area contributed by atoms with Gasteiger partial charge in [0, 0.05) is 26.6 Å². The van der Waals surface area contributed by atoms with Gasteiger partial charge in [0.25, 0.3) is 0 Å². The maximum absolute atomic E-state index is 9.87. The van der Waals surface area contributed by atoms with Crippen LogP contribution < -0.4 is 5.32 Å². The predicted molar refractivity (Wildman–Crippen MR) is 60.2 cm³/mol. The lowest BCUT2D eigenvalue weighted by atomic mass is 10.4. The molecule has 16 heavy (non-hydrogen) atoms. The number of ether oxygens (including phenoxy) is 2. The number of rotatable bonds is 5. The van der Waals surface area contributed by atoms with Gasteiger partial charge in [0.05, 0.1) is 13.2 Å². The second kappa shape index (κ2) is 10.0. The molecule has 0 bridgehead atoms. The molecule has 0 saturated carbocycles. The van der Waals surface area contributed by atoms with Crippen molar-refractivity contribution >= 4 is 12.4 Å². The number of nitrogens with zero attached hydrogens (tertiary/aromatic N) is 2. The molecular weight excluding hydrogens is 210 g/mol. The molecule has 1 amide bonds. The number of hydrogen-bond donors (Lipinski definition) is 1. The number of aryl methyl sites for hydroxylation is 1. The molecule has 0 radical (unpaired) electrons. The number of carbonyl (C=O) groups is 1. The van der Waals surface area contributed by atoms with Gasteiger partial charge in [-0.25, -0.2) is 9.97 Å². The lowest BCUT2D eigenvalue weighted by Gasteiger charge is -1.94. The molecule has 0 atom stereocenters. The van der Waals surface area contributed by atoms with E-state index in [9.17, 15) is 4.79 Å². The minimum absolute atomic E-state index is 0.334. The number of amides is 1. The highest BCUT2D eigenvalue weighted by Gasteiger charge is 1.89. The summed E-state index contributed by atoms with van der Waals surface area (Å²) >= 11 is 0. The van der Waals surface area contributed by atoms with E-state index >= 15 is 0 Å². The fourth-order valence-corrected chi connectivity index (χ4v) is 0.686. The number of aromatic nitrogens is 2. The second-order valence-corrected chi connectivity index (χ2v) is 2.83. The van der Waals surface area contributed by atoms with Crippen LogP contribution in [0.5, 0.6) is 0 Å². The molecule has 1 N–H and O–H groups in total. The topological polar surface area (TPSA) is 73.3 Å². The molecule has 0 spiro atoms. The zero-order chi connectivity index (χ0) is 12.2. The Morgan fingerprint density at radius 1 is 1.25 bits per heavy atom. The van der Waals surface area contributed by atoms with Gasteiger partial charge in [-0.1, -0.05) is 0 Å². The quantitative estimate of drug-likeness (QED) is 0.590. The average molecular weight is 227 g/mol. The Bertz CT molecular complexity index is 273. The van der Waals surface area contributed by atoms with Crippen LogP contribution in [-0.2, 0) is 14.3 Å². The monoisotopic (exact) mass is 227 g/mol. The van der Waals surface area contributed by atoms with E-state index in [0.29, 0.717) is 25.6 Å². The van der Waals surface area contributed by atoms with Crippen LogP contribution in [0.3, 0.4) is 0 Å². The van der Waals surface area contributed by atoms with Crippen LogP contribution in [0, 0.1) is 6.92 Å². The molecule has 0 aromatic carbocycles. The molecule has 90 valence electrons. The summed E-state index contributed by atoms with van der Waals surface area (Å²) in [6, 6.07) is 0. The van der Waals surface area contributed by atoms with E-state index in [0.717, 1.165) is 5.56 Å². The normalized spacial score (nSPS) is 8.94. The molecular formula is C10H17N3O3. The van der Waals surface area contributed by atoms with Crippen molar-refractivity contribution in [1.82, 2.24) is 9.97 Å². The summed E-state index contributed by atoms with van der Waals surface area (Å²) in [6.45, 7) is 3.26. The van der Waals surface area contributed by atoms with Gasteiger partial charge >= 0.3 is 0 Å². The van der Waals surface area contributed by atoms with Crippen molar-refractivity contribution in [3.8, 4) is 0 Å². The van der Waals surface area contributed by atoms with Gasteiger partial charge in [0.1, 0.15) is 0 Å². The van der Waals surface area contributed by atoms with Crippen LogP contribution in [0.25, 0.3) is 0 Å². The lowest BCUT2D eigenvalue weighted by Crippen LogP contribution is -1.98. The van der Waals surface area contributed by atoms with E-state index in [2.05, 4.69) is 24.8 Å². The van der Waals surface area contributed by atoms with Crippen molar-refractivity contribution < 1.29 is 14.3 Å². The van der Waals surface area contributed by atoms with Crippen molar-refractivity contribution in [3.05, 3.63) is 18.0 Å². The highest BCUT2D eigenvalue weighted by atomic mass is 16.5. The Hall–Kier alpha value is -1.53. The average Bonchev–Trinajstić information content (AvgIpc) is 2.31. The first-order valence-corrected chi connectivity index (χ1v) is 4.71. The first-order valence-electron chi connectivity index (χ1n) is 4.71. The van der Waals surface area contributed by atoms with Crippen molar-refractivity contribution in [2.24, 2.45) is 0 Å². The van der Waals surface area contributed by atoms with E-state index in [1.165, 1.54) is 0 Å². The van der Waals surface area contributed by atoms with E-state index in [4.69, 9.17) is 0 Å². The summed E-state index contributed by atoms with van der Waals surface area (Å²) in [5, 5.41) is 2.33. The maximum atomic E-state index is 9.87. The highest BCUT2D eigenvalue weighted by molar-refractivity contribution is 5.66. The summed E-state index contributed by atoms with van der Waals surface area (Å²) in [7, 11) is 3.30. The standard InChI is InChI=1S/C6H7N3O.C4H10O2/c1-5-2-7-6(8-3-5)9-4-10;1-5-3-4-6-2/h2-4H,1H3,(H,7,8,9,10);3-4H2,1-2H3. The third-order valence-corrected chi connectivity index (χ3v) is 1.46. The second-order valence-electron chi connectivity index (χ2n) is 2.83. The minimum Gasteiger partial charge on any atom is -0.382 e. The smallest absolute Gasteiger partial charge is 0.229 e. The Morgan fingerprint density at radius 3 is 2.12 bits per heavy atom. The first kappa shape index (κ1) is 14.5. The summed E-state index contributed by atoms with van der Waals surface area (Å²) in [6.07, 6.45) is 3.82. The third-order valence-electron chi connectivity index (χ3n) is 1.46. The molecule has 1 rings (SSSR count). The summed E-state index contributed by atoms with van der Waals surface area (Å²) < 4.78 is 9.31. The summed E-state index contributed by atoms with van der Waals surface area (Å²) in [5.41, 5.74) is 0.969. The van der Waals surface area contributed by atoms with E-state index in [1.54, 1.807) is 26.6 Å². The number of methoxy groups -OCH3 is 2. The number of anilines is 1. The Morgan fingerprint density at radius 2 is 1.75 bits per heavy atom. The summed E-state index contributed by atoms with van der Waals surface area (Å²) in [4.78, 5) is 17.5. The van der Waals surface area contributed by atoms with Crippen molar-refractivity contribution in [1.29, 1.82) is 0 Å². The van der Waals surface area contributed by atoms with Gasteiger partial charge in [-0.2, -0.15) is 0 Å². The molecule has 0 unspecified atom stereocenters. The molecule has 1 aromatic heterocycles. The minimum atomic E-state index is 0.334. The molecule has 1 heterocycles. The molecule has 1 aromatic rings. The van der Waals surface area contributed by atoms with Crippen LogP contribution in [0.1, 0.15) is 5.56 Å². The van der Waals surface area contributed by atoms with E-state index < -0.39 is 0 Å². The van der Waals surface area contributed by atoms with Crippen molar-refractivity contribution in [3.63, 3.8) is 0 Å². The molecule has 0 aliphatic rings. The Balaban J connectivity index is 0.000000325. The molecule has 0 aliphatic heterocycles. The van der Waals surface area contributed by atoms with Crippen LogP contribution in [0.15, 0.2) is 12.4 Å². The van der Waals surface area contributed by atoms with E-state index in [1.807, 2.05) is 6.92 Å². The van der Waals surface area contributed by atoms with Crippen LogP contribution in [-0.4, -0.2) is 43.8 Å². The number of nitrogens with one attached hydrogen (secondary N) is 1. The molecule has 6 heteroatoms. The SMILES string of the molecule is COCCOC.Cc1cnc(NC=O)nc1. The van der Waals surface area contributed by atoms with Gasteiger partial charge in [-0.05, 0) is 12.5 Å². The van der Waals surface area contributed by atoms with Crippen molar-refractivity contribution in [2.45, 2.75) is 6.92 Å². The molecule has 0 fully saturated rings. The lowest BCUT2D eigenvalue weighted by molar-refractivity contribution is -0.105.